The summed E-state index contributed by atoms with van der Waals surface area (Å²) in [5, 5.41) is 8.41. The van der Waals surface area contributed by atoms with Gasteiger partial charge in [0.1, 0.15) is 0 Å². The van der Waals surface area contributed by atoms with Gasteiger partial charge >= 0.3 is 0 Å². The van der Waals surface area contributed by atoms with Crippen molar-refractivity contribution in [2.75, 3.05) is 19.9 Å². The summed E-state index contributed by atoms with van der Waals surface area (Å²) in [6.45, 7) is 5.30. The van der Waals surface area contributed by atoms with Crippen molar-refractivity contribution < 1.29 is 46.9 Å². The molecule has 0 amide bonds. The van der Waals surface area contributed by atoms with Crippen LogP contribution in [-0.2, 0) is 41.8 Å². The van der Waals surface area contributed by atoms with Crippen molar-refractivity contribution in [1.82, 2.24) is 0 Å². The van der Waals surface area contributed by atoms with Crippen LogP contribution < -0.4 is 0 Å². The Kier molecular flexibility index (Phi) is 11.5. The molecule has 0 rings (SSSR count). The maximum Gasteiger partial charge on any atom is 0.188 e. The molecule has 0 aromatic rings. The Labute approximate surface area is 87.3 Å². The van der Waals surface area contributed by atoms with E-state index in [1.54, 1.807) is 0 Å². The molecule has 0 fully saturated rings. The molecule has 0 aromatic heterocycles. The summed E-state index contributed by atoms with van der Waals surface area (Å²) in [4.78, 5) is 0. The minimum absolute atomic E-state index is 0. The Balaban J connectivity index is 0. The first kappa shape index (κ1) is 13.8. The van der Waals surface area contributed by atoms with Crippen LogP contribution in [0.4, 0.5) is 0 Å². The molecule has 0 aliphatic carbocycles. The van der Waals surface area contributed by atoms with Crippen molar-refractivity contribution in [3.05, 3.63) is 6.92 Å². The van der Waals surface area contributed by atoms with Gasteiger partial charge in [-0.15, -0.1) is 5.92 Å². The second-order valence-corrected chi connectivity index (χ2v) is 3.12. The molecule has 0 saturated heterocycles. The van der Waals surface area contributed by atoms with Crippen molar-refractivity contribution in [2.24, 2.45) is 5.92 Å². The molecule has 2 atom stereocenters. The second-order valence-electron chi connectivity index (χ2n) is 1.85. The maximum absolute atomic E-state index is 10.3. The molecule has 59 valence electrons. The summed E-state index contributed by atoms with van der Waals surface area (Å²) in [6, 6.07) is 0. The Morgan fingerprint density at radius 1 is 1.80 bits per heavy atom. The first-order chi connectivity index (χ1) is 4.16. The monoisotopic (exact) mass is 240 g/mol. The third-order valence-electron chi connectivity index (χ3n) is 0.780. The number of aliphatic hydroxyl groups is 1. The van der Waals surface area contributed by atoms with Gasteiger partial charge in [-0.25, -0.2) is 0 Å². The molecule has 3 nitrogen and oxygen atoms in total. The molecule has 1 radical (unpaired) electrons. The van der Waals surface area contributed by atoms with Crippen LogP contribution in [0.5, 0.6) is 0 Å². The van der Waals surface area contributed by atoms with Crippen LogP contribution in [-0.4, -0.2) is 25.0 Å². The third-order valence-corrected chi connectivity index (χ3v) is 1.35. The Hall–Kier alpha value is 1.25. The molecule has 1 N–H and O–H groups in total. The zero-order chi connectivity index (χ0) is 7.28. The number of aliphatic hydroxyl groups excluding tert-OH is 1. The maximum atomic E-state index is 10.3. The molecule has 2 unspecified atom stereocenters. The van der Waals surface area contributed by atoms with Crippen LogP contribution in [0, 0.1) is 12.8 Å². The van der Waals surface area contributed by atoms with Crippen LogP contribution in [0.3, 0.4) is 0 Å². The first-order valence-corrected chi connectivity index (χ1v) is 4.55. The molecule has 0 heterocycles. The Morgan fingerprint density at radius 3 is 2.60 bits per heavy atom. The van der Waals surface area contributed by atoms with E-state index in [-0.39, 0.29) is 51.8 Å². The number of hydrogen-bond acceptors (Lipinski definition) is 3. The van der Waals surface area contributed by atoms with Crippen molar-refractivity contribution in [3.8, 4) is 0 Å². The molecule has 5 heteroatoms. The minimum Gasteiger partial charge on any atom is -0.399 e. The van der Waals surface area contributed by atoms with E-state index in [4.69, 9.17) is 9.63 Å². The van der Waals surface area contributed by atoms with Crippen molar-refractivity contribution in [1.29, 1.82) is 0 Å². The van der Waals surface area contributed by atoms with E-state index in [0.29, 0.717) is 0 Å². The second kappa shape index (κ2) is 8.35. The average Bonchev–Trinajstić information content (AvgIpc) is 1.83. The molecular weight excluding hydrogens is 228 g/mol. The van der Waals surface area contributed by atoms with Gasteiger partial charge in [0, 0.05) is 52.6 Å². The van der Waals surface area contributed by atoms with Crippen LogP contribution in [0.2, 0.25) is 0 Å². The fourth-order valence-electron chi connectivity index (χ4n) is 0.288. The van der Waals surface area contributed by atoms with Gasteiger partial charge in [-0.3, -0.25) is 4.57 Å². The van der Waals surface area contributed by atoms with Crippen molar-refractivity contribution in [2.45, 2.75) is 0 Å². The zero-order valence-electron chi connectivity index (χ0n) is 6.04. The smallest absolute Gasteiger partial charge is 0.188 e. The van der Waals surface area contributed by atoms with Gasteiger partial charge in [-0.2, -0.15) is 0 Å². The van der Waals surface area contributed by atoms with Gasteiger partial charge in [0.25, 0.3) is 0 Å². The normalized spacial score (nSPS) is 15.5. The van der Waals surface area contributed by atoms with Crippen LogP contribution in [0.1, 0.15) is 0 Å². The van der Waals surface area contributed by atoms with E-state index in [9.17, 15) is 4.57 Å². The molecule has 0 aliphatic heterocycles. The van der Waals surface area contributed by atoms with Crippen LogP contribution >= 0.6 is 8.03 Å². The number of hydrogen-bond donors (Lipinski definition) is 1. The van der Waals surface area contributed by atoms with E-state index in [0.717, 1.165) is 0 Å². The van der Waals surface area contributed by atoms with Gasteiger partial charge < -0.3 is 16.6 Å². The predicted octanol–water partition coefficient (Wildman–Crippen LogP) is 0.548. The average molecular weight is 240 g/mol. The molecular formula is C5H12O3PY-. The quantitative estimate of drug-likeness (QED) is 0.576. The standard InChI is InChI=1S/C5H12O3P.Y/c1-5(3-6)4-8-9(2)7;/h5-6,9H,1,3-4H2,2H3;/q-1;. The Morgan fingerprint density at radius 2 is 2.30 bits per heavy atom. The minimum atomic E-state index is -1.84. The number of rotatable bonds is 4. The Bertz CT molecular complexity index is 98.9. The van der Waals surface area contributed by atoms with Gasteiger partial charge in [-0.1, -0.05) is 0 Å². The van der Waals surface area contributed by atoms with Crippen molar-refractivity contribution in [3.63, 3.8) is 0 Å². The molecule has 0 saturated carbocycles. The van der Waals surface area contributed by atoms with E-state index in [1.807, 2.05) is 0 Å². The predicted molar refractivity (Wildman–Crippen MR) is 36.8 cm³/mol. The summed E-state index contributed by atoms with van der Waals surface area (Å²) in [6.07, 6.45) is 0. The SMILES string of the molecule is [CH2-]C(CO)CO[PH](C)=O.[Y]. The summed E-state index contributed by atoms with van der Waals surface area (Å²) in [7, 11) is -1.84. The van der Waals surface area contributed by atoms with Gasteiger partial charge in [-0.05, 0) is 0 Å². The van der Waals surface area contributed by atoms with Crippen LogP contribution in [0.25, 0.3) is 0 Å². The summed E-state index contributed by atoms with van der Waals surface area (Å²) >= 11 is 0. The van der Waals surface area contributed by atoms with Gasteiger partial charge in [0.15, 0.2) is 8.03 Å². The van der Waals surface area contributed by atoms with Crippen molar-refractivity contribution >= 4 is 8.03 Å². The van der Waals surface area contributed by atoms with E-state index in [2.05, 4.69) is 6.92 Å². The summed E-state index contributed by atoms with van der Waals surface area (Å²) in [5.74, 6) is -0.154. The fourth-order valence-corrected chi connectivity index (χ4v) is 0.758. The topological polar surface area (TPSA) is 46.5 Å². The molecule has 0 aliphatic rings. The summed E-state index contributed by atoms with van der Waals surface area (Å²) < 4.78 is 15.0. The van der Waals surface area contributed by atoms with E-state index >= 15 is 0 Å². The molecule has 0 bridgehead atoms. The van der Waals surface area contributed by atoms with Gasteiger partial charge in [0.05, 0.1) is 0 Å². The first-order valence-electron chi connectivity index (χ1n) is 2.74. The van der Waals surface area contributed by atoms with E-state index in [1.165, 1.54) is 6.66 Å². The fraction of sp³-hybridized carbons (Fsp3) is 0.800. The largest absolute Gasteiger partial charge is 0.399 e. The van der Waals surface area contributed by atoms with Crippen LogP contribution in [0.15, 0.2) is 0 Å². The van der Waals surface area contributed by atoms with Gasteiger partial charge in [0.2, 0.25) is 0 Å². The van der Waals surface area contributed by atoms with E-state index < -0.39 is 8.03 Å². The third kappa shape index (κ3) is 9.25. The molecule has 0 aromatic carbocycles. The summed E-state index contributed by atoms with van der Waals surface area (Å²) in [5.41, 5.74) is 0. The molecule has 0 spiro atoms. The zero-order valence-corrected chi connectivity index (χ0v) is 9.88. The molecule has 10 heavy (non-hydrogen) atoms.